The molecule has 0 saturated heterocycles. The third-order valence-electron chi connectivity index (χ3n) is 2.03. The first-order valence-electron chi connectivity index (χ1n) is 4.75. The van der Waals surface area contributed by atoms with Gasteiger partial charge in [0.25, 0.3) is 0 Å². The minimum absolute atomic E-state index is 0.0771. The van der Waals surface area contributed by atoms with Crippen molar-refractivity contribution < 1.29 is 23.1 Å². The quantitative estimate of drug-likeness (QED) is 0.755. The Hall–Kier alpha value is -0.780. The van der Waals surface area contributed by atoms with Crippen LogP contribution < -0.4 is 0 Å². The molecular weight excluding hydrogens is 211 g/mol. The monoisotopic (exact) mass is 227 g/mol. The van der Waals surface area contributed by atoms with Crippen molar-refractivity contribution in [2.45, 2.75) is 38.9 Å². The van der Waals surface area contributed by atoms with Crippen molar-refractivity contribution in [3.8, 4) is 0 Å². The molecule has 0 fully saturated rings. The van der Waals surface area contributed by atoms with Crippen molar-refractivity contribution in [2.75, 3.05) is 13.1 Å². The first-order valence-corrected chi connectivity index (χ1v) is 4.75. The van der Waals surface area contributed by atoms with Crippen LogP contribution in [-0.2, 0) is 4.79 Å². The molecule has 0 heterocycles. The van der Waals surface area contributed by atoms with E-state index in [1.54, 1.807) is 13.8 Å². The van der Waals surface area contributed by atoms with Crippen LogP contribution in [0.1, 0.15) is 26.7 Å². The third-order valence-corrected chi connectivity index (χ3v) is 2.03. The van der Waals surface area contributed by atoms with Gasteiger partial charge in [0.15, 0.2) is 0 Å². The van der Waals surface area contributed by atoms with Crippen LogP contribution in [0.3, 0.4) is 0 Å². The zero-order valence-electron chi connectivity index (χ0n) is 8.84. The first-order chi connectivity index (χ1) is 6.72. The molecule has 0 aliphatic rings. The summed E-state index contributed by atoms with van der Waals surface area (Å²) >= 11 is 0. The summed E-state index contributed by atoms with van der Waals surface area (Å²) in [5.41, 5.74) is 0. The molecule has 0 saturated carbocycles. The maximum absolute atomic E-state index is 11.9. The SMILES string of the molecule is CC(C)N(CCC(=O)O)CCC(F)(F)F. The Bertz CT molecular complexity index is 204. The molecule has 0 unspecified atom stereocenters. The molecule has 0 bridgehead atoms. The van der Waals surface area contributed by atoms with Crippen LogP contribution in [0.15, 0.2) is 0 Å². The second-order valence-electron chi connectivity index (χ2n) is 3.64. The van der Waals surface area contributed by atoms with E-state index >= 15 is 0 Å². The van der Waals surface area contributed by atoms with E-state index in [1.807, 2.05) is 0 Å². The predicted molar refractivity (Wildman–Crippen MR) is 49.6 cm³/mol. The van der Waals surface area contributed by atoms with Crippen molar-refractivity contribution >= 4 is 5.97 Å². The van der Waals surface area contributed by atoms with E-state index in [0.29, 0.717) is 0 Å². The number of halogens is 3. The fourth-order valence-electron chi connectivity index (χ4n) is 1.14. The number of alkyl halides is 3. The lowest BCUT2D eigenvalue weighted by atomic mass is 10.2. The van der Waals surface area contributed by atoms with Crippen LogP contribution in [-0.4, -0.2) is 41.3 Å². The van der Waals surface area contributed by atoms with Gasteiger partial charge in [-0.25, -0.2) is 0 Å². The van der Waals surface area contributed by atoms with Gasteiger partial charge in [0.2, 0.25) is 0 Å². The van der Waals surface area contributed by atoms with Gasteiger partial charge < -0.3 is 10.0 Å². The van der Waals surface area contributed by atoms with Crippen molar-refractivity contribution in [1.29, 1.82) is 0 Å². The van der Waals surface area contributed by atoms with E-state index in [9.17, 15) is 18.0 Å². The van der Waals surface area contributed by atoms with Crippen LogP contribution in [0, 0.1) is 0 Å². The number of hydrogen-bond donors (Lipinski definition) is 1. The molecule has 0 aromatic heterocycles. The molecule has 6 heteroatoms. The fraction of sp³-hybridized carbons (Fsp3) is 0.889. The molecule has 0 atom stereocenters. The highest BCUT2D eigenvalue weighted by Gasteiger charge is 2.28. The second-order valence-corrected chi connectivity index (χ2v) is 3.64. The van der Waals surface area contributed by atoms with Crippen molar-refractivity contribution in [3.63, 3.8) is 0 Å². The molecule has 0 aliphatic carbocycles. The summed E-state index contributed by atoms with van der Waals surface area (Å²) in [4.78, 5) is 11.8. The number of aliphatic carboxylic acids is 1. The van der Waals surface area contributed by atoms with E-state index in [2.05, 4.69) is 0 Å². The van der Waals surface area contributed by atoms with Gasteiger partial charge in [-0.2, -0.15) is 13.2 Å². The van der Waals surface area contributed by atoms with Gasteiger partial charge in [0.1, 0.15) is 0 Å². The van der Waals surface area contributed by atoms with Crippen molar-refractivity contribution in [1.82, 2.24) is 4.90 Å². The van der Waals surface area contributed by atoms with Crippen LogP contribution in [0.5, 0.6) is 0 Å². The zero-order valence-corrected chi connectivity index (χ0v) is 8.84. The summed E-state index contributed by atoms with van der Waals surface area (Å²) in [6.45, 7) is 3.51. The number of hydrogen-bond acceptors (Lipinski definition) is 2. The minimum Gasteiger partial charge on any atom is -0.481 e. The minimum atomic E-state index is -4.18. The standard InChI is InChI=1S/C9H16F3NO2/c1-7(2)13(5-3-8(14)15)6-4-9(10,11)12/h7H,3-6H2,1-2H3,(H,14,15). The average Bonchev–Trinajstić information content (AvgIpc) is 2.00. The lowest BCUT2D eigenvalue weighted by Gasteiger charge is -2.26. The number of nitrogens with zero attached hydrogens (tertiary/aromatic N) is 1. The summed E-state index contributed by atoms with van der Waals surface area (Å²) in [6.07, 6.45) is -5.21. The molecule has 1 N–H and O–H groups in total. The molecule has 0 aromatic rings. The lowest BCUT2D eigenvalue weighted by Crippen LogP contribution is -2.35. The van der Waals surface area contributed by atoms with Gasteiger partial charge in [0.05, 0.1) is 12.8 Å². The van der Waals surface area contributed by atoms with Crippen LogP contribution in [0.2, 0.25) is 0 Å². The smallest absolute Gasteiger partial charge is 0.390 e. The van der Waals surface area contributed by atoms with Crippen molar-refractivity contribution in [3.05, 3.63) is 0 Å². The fourth-order valence-corrected chi connectivity index (χ4v) is 1.14. The Morgan fingerprint density at radius 1 is 1.33 bits per heavy atom. The van der Waals surface area contributed by atoms with Crippen LogP contribution in [0.25, 0.3) is 0 Å². The molecule has 0 radical (unpaired) electrons. The largest absolute Gasteiger partial charge is 0.481 e. The molecule has 0 aliphatic heterocycles. The highest BCUT2D eigenvalue weighted by Crippen LogP contribution is 2.20. The molecule has 0 rings (SSSR count). The van der Waals surface area contributed by atoms with Crippen LogP contribution >= 0.6 is 0 Å². The van der Waals surface area contributed by atoms with E-state index in [1.165, 1.54) is 4.90 Å². The number of carboxylic acid groups (broad SMARTS) is 1. The Labute approximate surface area is 86.9 Å². The molecule has 3 nitrogen and oxygen atoms in total. The molecule has 90 valence electrons. The van der Waals surface area contributed by atoms with Crippen molar-refractivity contribution in [2.24, 2.45) is 0 Å². The Balaban J connectivity index is 4.00. The third kappa shape index (κ3) is 8.23. The van der Waals surface area contributed by atoms with Gasteiger partial charge >= 0.3 is 12.1 Å². The molecule has 15 heavy (non-hydrogen) atoms. The van der Waals surface area contributed by atoms with E-state index in [0.717, 1.165) is 0 Å². The summed E-state index contributed by atoms with van der Waals surface area (Å²) in [5.74, 6) is -0.993. The highest BCUT2D eigenvalue weighted by atomic mass is 19.4. The average molecular weight is 227 g/mol. The Morgan fingerprint density at radius 2 is 1.87 bits per heavy atom. The van der Waals surface area contributed by atoms with Gasteiger partial charge in [0, 0.05) is 19.1 Å². The van der Waals surface area contributed by atoms with E-state index in [4.69, 9.17) is 5.11 Å². The molecule has 0 aromatic carbocycles. The number of rotatable bonds is 6. The lowest BCUT2D eigenvalue weighted by molar-refractivity contribution is -0.140. The summed E-state index contributed by atoms with van der Waals surface area (Å²) in [7, 11) is 0. The topological polar surface area (TPSA) is 40.5 Å². The summed E-state index contributed by atoms with van der Waals surface area (Å²) in [5, 5.41) is 8.42. The van der Waals surface area contributed by atoms with Gasteiger partial charge in [-0.3, -0.25) is 4.79 Å². The predicted octanol–water partition coefficient (Wildman–Crippen LogP) is 2.12. The highest BCUT2D eigenvalue weighted by molar-refractivity contribution is 5.66. The number of carboxylic acids is 1. The molecule has 0 spiro atoms. The maximum atomic E-state index is 11.9. The zero-order chi connectivity index (χ0) is 12.1. The molecule has 0 amide bonds. The molecular formula is C9H16F3NO2. The second kappa shape index (κ2) is 5.95. The Kier molecular flexibility index (Phi) is 5.64. The number of carbonyl (C=O) groups is 1. The van der Waals surface area contributed by atoms with Gasteiger partial charge in [-0.05, 0) is 13.8 Å². The maximum Gasteiger partial charge on any atom is 0.390 e. The summed E-state index contributed by atoms with van der Waals surface area (Å²) in [6, 6.07) is -0.0771. The first kappa shape index (κ1) is 14.2. The van der Waals surface area contributed by atoms with Gasteiger partial charge in [-0.1, -0.05) is 0 Å². The normalized spacial score (nSPS) is 12.5. The van der Waals surface area contributed by atoms with E-state index < -0.39 is 18.6 Å². The Morgan fingerprint density at radius 3 is 2.20 bits per heavy atom. The van der Waals surface area contributed by atoms with Crippen LogP contribution in [0.4, 0.5) is 13.2 Å². The summed E-state index contributed by atoms with van der Waals surface area (Å²) < 4.78 is 35.8. The van der Waals surface area contributed by atoms with E-state index in [-0.39, 0.29) is 25.6 Å². The van der Waals surface area contributed by atoms with Gasteiger partial charge in [-0.15, -0.1) is 0 Å².